The lowest BCUT2D eigenvalue weighted by molar-refractivity contribution is -0.118. The average molecular weight is 299 g/mol. The van der Waals surface area contributed by atoms with Crippen LogP contribution in [0, 0.1) is 12.8 Å². The van der Waals surface area contributed by atoms with Gasteiger partial charge in [0.15, 0.2) is 0 Å². The monoisotopic (exact) mass is 299 g/mol. The number of nitrogens with one attached hydrogen (secondary N) is 1. The average Bonchev–Trinajstić information content (AvgIpc) is 2.45. The molecule has 0 bridgehead atoms. The van der Waals surface area contributed by atoms with Gasteiger partial charge in [0.25, 0.3) is 0 Å². The SMILES string of the molecule is Cc1ccnc(NC(=O)C(Cc2ccccc2)C(N)=S)c1. The predicted octanol–water partition coefficient (Wildman–Crippen LogP) is 2.47. The summed E-state index contributed by atoms with van der Waals surface area (Å²) in [6.45, 7) is 1.94. The Balaban J connectivity index is 2.11. The lowest BCUT2D eigenvalue weighted by Gasteiger charge is -2.15. The third-order valence-corrected chi connectivity index (χ3v) is 3.39. The number of rotatable bonds is 5. The van der Waals surface area contributed by atoms with Crippen LogP contribution in [-0.2, 0) is 11.2 Å². The molecule has 1 aromatic carbocycles. The van der Waals surface area contributed by atoms with Crippen LogP contribution >= 0.6 is 12.2 Å². The fraction of sp³-hybridized carbons (Fsp3) is 0.188. The number of amides is 1. The molecule has 108 valence electrons. The predicted molar refractivity (Wildman–Crippen MR) is 88.0 cm³/mol. The number of hydrogen-bond donors (Lipinski definition) is 2. The summed E-state index contributed by atoms with van der Waals surface area (Å²) in [5.74, 6) is -0.275. The van der Waals surface area contributed by atoms with Crippen molar-refractivity contribution in [2.75, 3.05) is 5.32 Å². The normalized spacial score (nSPS) is 11.7. The molecule has 0 fully saturated rings. The zero-order valence-electron chi connectivity index (χ0n) is 11.7. The van der Waals surface area contributed by atoms with Crippen LogP contribution in [0.1, 0.15) is 11.1 Å². The van der Waals surface area contributed by atoms with E-state index in [2.05, 4.69) is 10.3 Å². The summed E-state index contributed by atoms with van der Waals surface area (Å²) < 4.78 is 0. The van der Waals surface area contributed by atoms with E-state index in [1.54, 1.807) is 12.3 Å². The topological polar surface area (TPSA) is 68.0 Å². The van der Waals surface area contributed by atoms with Crippen molar-refractivity contribution >= 4 is 28.9 Å². The van der Waals surface area contributed by atoms with Gasteiger partial charge in [-0.25, -0.2) is 4.98 Å². The third kappa shape index (κ3) is 4.36. The van der Waals surface area contributed by atoms with Gasteiger partial charge in [0.1, 0.15) is 5.82 Å². The lowest BCUT2D eigenvalue weighted by Crippen LogP contribution is -2.35. The zero-order valence-corrected chi connectivity index (χ0v) is 12.6. The molecular formula is C16H17N3OS. The Kier molecular flexibility index (Phi) is 5.00. The van der Waals surface area contributed by atoms with E-state index < -0.39 is 5.92 Å². The molecule has 1 amide bonds. The quantitative estimate of drug-likeness (QED) is 0.832. The highest BCUT2D eigenvalue weighted by Crippen LogP contribution is 2.13. The Labute approximate surface area is 129 Å². The maximum Gasteiger partial charge on any atom is 0.235 e. The van der Waals surface area contributed by atoms with Gasteiger partial charge < -0.3 is 11.1 Å². The van der Waals surface area contributed by atoms with Gasteiger partial charge in [0.05, 0.1) is 10.9 Å². The fourth-order valence-electron chi connectivity index (χ4n) is 1.99. The number of nitrogens with two attached hydrogens (primary N) is 1. The molecule has 5 heteroatoms. The second-order valence-corrected chi connectivity index (χ2v) is 5.32. The van der Waals surface area contributed by atoms with Crippen molar-refractivity contribution < 1.29 is 4.79 Å². The molecule has 0 aliphatic rings. The number of pyridine rings is 1. The maximum atomic E-state index is 12.4. The van der Waals surface area contributed by atoms with Gasteiger partial charge in [-0.1, -0.05) is 42.5 Å². The van der Waals surface area contributed by atoms with Gasteiger partial charge in [-0.15, -0.1) is 0 Å². The molecule has 4 nitrogen and oxygen atoms in total. The van der Waals surface area contributed by atoms with E-state index >= 15 is 0 Å². The molecule has 0 radical (unpaired) electrons. The maximum absolute atomic E-state index is 12.4. The van der Waals surface area contributed by atoms with Gasteiger partial charge in [0, 0.05) is 6.20 Å². The van der Waals surface area contributed by atoms with Crippen molar-refractivity contribution in [1.29, 1.82) is 0 Å². The Morgan fingerprint density at radius 1 is 1.33 bits per heavy atom. The van der Waals surface area contributed by atoms with Gasteiger partial charge in [-0.05, 0) is 36.6 Å². The van der Waals surface area contributed by atoms with Crippen molar-refractivity contribution in [1.82, 2.24) is 4.98 Å². The molecule has 0 aliphatic carbocycles. The molecular weight excluding hydrogens is 282 g/mol. The van der Waals surface area contributed by atoms with E-state index in [-0.39, 0.29) is 10.9 Å². The van der Waals surface area contributed by atoms with Crippen LogP contribution in [0.15, 0.2) is 48.7 Å². The minimum absolute atomic E-state index is 0.184. The molecule has 0 saturated heterocycles. The van der Waals surface area contributed by atoms with E-state index in [4.69, 9.17) is 18.0 Å². The van der Waals surface area contributed by atoms with Crippen molar-refractivity contribution in [3.8, 4) is 0 Å². The van der Waals surface area contributed by atoms with Gasteiger partial charge in [-0.2, -0.15) is 0 Å². The van der Waals surface area contributed by atoms with Crippen molar-refractivity contribution in [2.24, 2.45) is 11.7 Å². The number of aromatic nitrogens is 1. The first-order valence-corrected chi connectivity index (χ1v) is 7.04. The second kappa shape index (κ2) is 6.95. The summed E-state index contributed by atoms with van der Waals surface area (Å²) in [5, 5.41) is 2.77. The van der Waals surface area contributed by atoms with Crippen molar-refractivity contribution in [3.63, 3.8) is 0 Å². The summed E-state index contributed by atoms with van der Waals surface area (Å²) in [5.41, 5.74) is 7.76. The highest BCUT2D eigenvalue weighted by Gasteiger charge is 2.22. The Hall–Kier alpha value is -2.27. The first kappa shape index (κ1) is 15.1. The van der Waals surface area contributed by atoms with Crippen LogP contribution in [0.3, 0.4) is 0 Å². The van der Waals surface area contributed by atoms with Crippen LogP contribution < -0.4 is 11.1 Å². The van der Waals surface area contributed by atoms with E-state index in [0.29, 0.717) is 12.2 Å². The molecule has 1 atom stereocenters. The standard InChI is InChI=1S/C16H17N3OS/c1-11-7-8-18-14(9-11)19-16(20)13(15(17)21)10-12-5-3-2-4-6-12/h2-9,13H,10H2,1H3,(H2,17,21)(H,18,19,20). The third-order valence-electron chi connectivity index (χ3n) is 3.11. The van der Waals surface area contributed by atoms with Crippen LogP contribution in [0.5, 0.6) is 0 Å². The molecule has 3 N–H and O–H groups in total. The number of thiocarbonyl (C=S) groups is 1. The number of carbonyl (C=O) groups excluding carboxylic acids is 1. The minimum atomic E-state index is -0.551. The summed E-state index contributed by atoms with van der Waals surface area (Å²) in [4.78, 5) is 16.6. The Morgan fingerprint density at radius 3 is 2.67 bits per heavy atom. The molecule has 2 rings (SSSR count). The van der Waals surface area contributed by atoms with E-state index in [9.17, 15) is 4.79 Å². The number of carbonyl (C=O) groups is 1. The molecule has 1 heterocycles. The zero-order chi connectivity index (χ0) is 15.2. The van der Waals surface area contributed by atoms with E-state index in [1.807, 2.05) is 43.3 Å². The van der Waals surface area contributed by atoms with Gasteiger partial charge >= 0.3 is 0 Å². The smallest absolute Gasteiger partial charge is 0.235 e. The molecule has 2 aromatic rings. The highest BCUT2D eigenvalue weighted by molar-refractivity contribution is 7.80. The molecule has 1 unspecified atom stereocenters. The summed E-state index contributed by atoms with van der Waals surface area (Å²) in [7, 11) is 0. The summed E-state index contributed by atoms with van der Waals surface area (Å²) in [6, 6.07) is 13.3. The molecule has 0 aliphatic heterocycles. The van der Waals surface area contributed by atoms with Crippen LogP contribution in [0.4, 0.5) is 5.82 Å². The molecule has 0 saturated carbocycles. The number of hydrogen-bond acceptors (Lipinski definition) is 3. The highest BCUT2D eigenvalue weighted by atomic mass is 32.1. The summed E-state index contributed by atoms with van der Waals surface area (Å²) >= 11 is 5.03. The second-order valence-electron chi connectivity index (χ2n) is 4.85. The van der Waals surface area contributed by atoms with Crippen molar-refractivity contribution in [3.05, 3.63) is 59.8 Å². The number of nitrogens with zero attached hydrogens (tertiary/aromatic N) is 1. The number of benzene rings is 1. The number of aryl methyl sites for hydroxylation is 1. The van der Waals surface area contributed by atoms with E-state index in [0.717, 1.165) is 11.1 Å². The largest absolute Gasteiger partial charge is 0.393 e. The Bertz CT molecular complexity index is 643. The molecule has 0 spiro atoms. The minimum Gasteiger partial charge on any atom is -0.393 e. The Morgan fingerprint density at radius 2 is 2.05 bits per heavy atom. The van der Waals surface area contributed by atoms with E-state index in [1.165, 1.54) is 0 Å². The lowest BCUT2D eigenvalue weighted by atomic mass is 9.98. The molecule has 1 aromatic heterocycles. The van der Waals surface area contributed by atoms with Crippen LogP contribution in [-0.4, -0.2) is 15.9 Å². The summed E-state index contributed by atoms with van der Waals surface area (Å²) in [6.07, 6.45) is 2.13. The fourth-order valence-corrected chi connectivity index (χ4v) is 2.18. The van der Waals surface area contributed by atoms with Crippen molar-refractivity contribution in [2.45, 2.75) is 13.3 Å². The van der Waals surface area contributed by atoms with Gasteiger partial charge in [0.2, 0.25) is 5.91 Å². The number of anilines is 1. The van der Waals surface area contributed by atoms with Crippen LogP contribution in [0.2, 0.25) is 0 Å². The first-order chi connectivity index (χ1) is 10.1. The molecule has 21 heavy (non-hydrogen) atoms. The van der Waals surface area contributed by atoms with Gasteiger partial charge in [-0.3, -0.25) is 4.79 Å². The van der Waals surface area contributed by atoms with Crippen LogP contribution in [0.25, 0.3) is 0 Å². The first-order valence-electron chi connectivity index (χ1n) is 6.63.